The molecule has 0 heterocycles. The van der Waals surface area contributed by atoms with Gasteiger partial charge in [-0.15, -0.1) is 0 Å². The number of nitriles is 1. The standard InChI is InChI=1S/C12H14N2O4S/c1-12(2,9-13)7-8-19(17,18)11-5-3-10(4-6-11)14(15)16/h3-6H,7-8H2,1-2H3. The molecule has 0 aliphatic heterocycles. The Labute approximate surface area is 111 Å². The molecular weight excluding hydrogens is 268 g/mol. The van der Waals surface area contributed by atoms with Gasteiger partial charge in [0.15, 0.2) is 9.84 Å². The second-order valence-electron chi connectivity index (χ2n) is 4.82. The summed E-state index contributed by atoms with van der Waals surface area (Å²) in [5.41, 5.74) is -0.871. The molecule has 1 aromatic rings. The van der Waals surface area contributed by atoms with E-state index >= 15 is 0 Å². The minimum atomic E-state index is -3.52. The summed E-state index contributed by atoms with van der Waals surface area (Å²) in [5.74, 6) is -0.161. The van der Waals surface area contributed by atoms with Crippen LogP contribution in [0.4, 0.5) is 5.69 Å². The summed E-state index contributed by atoms with van der Waals surface area (Å²) >= 11 is 0. The zero-order chi connectivity index (χ0) is 14.7. The molecular formula is C12H14N2O4S. The molecule has 0 bridgehead atoms. The lowest BCUT2D eigenvalue weighted by molar-refractivity contribution is -0.384. The summed E-state index contributed by atoms with van der Waals surface area (Å²) in [6, 6.07) is 6.78. The average Bonchev–Trinajstić information content (AvgIpc) is 2.37. The normalized spacial score (nSPS) is 11.8. The molecule has 0 saturated heterocycles. The predicted molar refractivity (Wildman–Crippen MR) is 69.2 cm³/mol. The summed E-state index contributed by atoms with van der Waals surface area (Å²) in [4.78, 5) is 9.92. The molecule has 102 valence electrons. The topological polar surface area (TPSA) is 101 Å². The Hall–Kier alpha value is -1.94. The first-order valence-corrected chi connectivity index (χ1v) is 7.22. The Balaban J connectivity index is 2.90. The van der Waals surface area contributed by atoms with E-state index < -0.39 is 20.2 Å². The fraction of sp³-hybridized carbons (Fsp3) is 0.417. The van der Waals surface area contributed by atoms with E-state index in [-0.39, 0.29) is 22.8 Å². The van der Waals surface area contributed by atoms with Crippen molar-refractivity contribution < 1.29 is 13.3 Å². The van der Waals surface area contributed by atoms with E-state index in [1.54, 1.807) is 13.8 Å². The van der Waals surface area contributed by atoms with Gasteiger partial charge >= 0.3 is 0 Å². The van der Waals surface area contributed by atoms with Crippen molar-refractivity contribution in [1.29, 1.82) is 5.26 Å². The summed E-state index contributed by atoms with van der Waals surface area (Å²) in [6.07, 6.45) is 0.211. The second-order valence-corrected chi connectivity index (χ2v) is 6.92. The first kappa shape index (κ1) is 15.1. The lowest BCUT2D eigenvalue weighted by Crippen LogP contribution is -2.16. The molecule has 0 unspecified atom stereocenters. The van der Waals surface area contributed by atoms with Crippen molar-refractivity contribution in [3.05, 3.63) is 34.4 Å². The number of rotatable bonds is 5. The van der Waals surface area contributed by atoms with Crippen LogP contribution in [0.5, 0.6) is 0 Å². The van der Waals surface area contributed by atoms with Gasteiger partial charge in [-0.25, -0.2) is 8.42 Å². The number of hydrogen-bond acceptors (Lipinski definition) is 5. The van der Waals surface area contributed by atoms with Gasteiger partial charge in [0.1, 0.15) is 0 Å². The average molecular weight is 282 g/mol. The van der Waals surface area contributed by atoms with Crippen molar-refractivity contribution in [2.45, 2.75) is 25.2 Å². The number of non-ortho nitro benzene ring substituents is 1. The molecule has 0 N–H and O–H groups in total. The minimum Gasteiger partial charge on any atom is -0.258 e. The monoisotopic (exact) mass is 282 g/mol. The second kappa shape index (κ2) is 5.36. The van der Waals surface area contributed by atoms with Crippen LogP contribution in [0.3, 0.4) is 0 Å². The molecule has 0 aromatic heterocycles. The van der Waals surface area contributed by atoms with Crippen LogP contribution >= 0.6 is 0 Å². The third kappa shape index (κ3) is 4.03. The molecule has 0 fully saturated rings. The molecule has 0 aliphatic carbocycles. The Morgan fingerprint density at radius 1 is 1.32 bits per heavy atom. The smallest absolute Gasteiger partial charge is 0.258 e. The van der Waals surface area contributed by atoms with Gasteiger partial charge in [-0.2, -0.15) is 5.26 Å². The van der Waals surface area contributed by atoms with E-state index in [4.69, 9.17) is 5.26 Å². The fourth-order valence-corrected chi connectivity index (χ4v) is 2.90. The number of nitrogens with zero attached hydrogens (tertiary/aromatic N) is 2. The van der Waals surface area contributed by atoms with E-state index in [2.05, 4.69) is 0 Å². The van der Waals surface area contributed by atoms with Gasteiger partial charge in [-0.1, -0.05) is 0 Å². The summed E-state index contributed by atoms with van der Waals surface area (Å²) in [7, 11) is -3.52. The van der Waals surface area contributed by atoms with Gasteiger partial charge in [-0.3, -0.25) is 10.1 Å². The largest absolute Gasteiger partial charge is 0.269 e. The number of sulfone groups is 1. The highest BCUT2D eigenvalue weighted by molar-refractivity contribution is 7.91. The van der Waals surface area contributed by atoms with Crippen LogP contribution < -0.4 is 0 Å². The lowest BCUT2D eigenvalue weighted by Gasteiger charge is -2.14. The summed E-state index contributed by atoms with van der Waals surface area (Å²) in [6.45, 7) is 3.33. The highest BCUT2D eigenvalue weighted by Crippen LogP contribution is 2.23. The maximum atomic E-state index is 12.0. The van der Waals surface area contributed by atoms with Crippen molar-refractivity contribution >= 4 is 15.5 Å². The fourth-order valence-electron chi connectivity index (χ4n) is 1.34. The third-order valence-corrected chi connectivity index (χ3v) is 4.44. The van der Waals surface area contributed by atoms with Crippen LogP contribution in [0.15, 0.2) is 29.2 Å². The quantitative estimate of drug-likeness (QED) is 0.609. The van der Waals surface area contributed by atoms with E-state index in [0.29, 0.717) is 0 Å². The Kier molecular flexibility index (Phi) is 4.27. The van der Waals surface area contributed by atoms with Gasteiger partial charge in [0, 0.05) is 12.1 Å². The first-order chi connectivity index (χ1) is 8.68. The van der Waals surface area contributed by atoms with Crippen LogP contribution in [-0.4, -0.2) is 19.1 Å². The first-order valence-electron chi connectivity index (χ1n) is 5.56. The summed E-state index contributed by atoms with van der Waals surface area (Å²) < 4.78 is 24.0. The highest BCUT2D eigenvalue weighted by Gasteiger charge is 2.23. The number of hydrogen-bond donors (Lipinski definition) is 0. The van der Waals surface area contributed by atoms with Crippen molar-refractivity contribution in [3.63, 3.8) is 0 Å². The molecule has 0 radical (unpaired) electrons. The Morgan fingerprint density at radius 2 is 1.84 bits per heavy atom. The highest BCUT2D eigenvalue weighted by atomic mass is 32.2. The number of nitro benzene ring substituents is 1. The molecule has 1 rings (SSSR count). The van der Waals surface area contributed by atoms with Crippen LogP contribution in [0.1, 0.15) is 20.3 Å². The zero-order valence-electron chi connectivity index (χ0n) is 10.7. The van der Waals surface area contributed by atoms with Gasteiger partial charge in [0.2, 0.25) is 0 Å². The predicted octanol–water partition coefficient (Wildman–Crippen LogP) is 2.31. The van der Waals surface area contributed by atoms with E-state index in [0.717, 1.165) is 12.1 Å². The Morgan fingerprint density at radius 3 is 2.26 bits per heavy atom. The lowest BCUT2D eigenvalue weighted by atomic mass is 9.93. The van der Waals surface area contributed by atoms with Gasteiger partial charge in [-0.05, 0) is 32.4 Å². The maximum absolute atomic E-state index is 12.0. The van der Waals surface area contributed by atoms with Crippen molar-refractivity contribution in [1.82, 2.24) is 0 Å². The number of benzene rings is 1. The molecule has 0 amide bonds. The van der Waals surface area contributed by atoms with Crippen molar-refractivity contribution in [2.24, 2.45) is 5.41 Å². The van der Waals surface area contributed by atoms with E-state index in [1.807, 2.05) is 6.07 Å². The summed E-state index contributed by atoms with van der Waals surface area (Å²) in [5, 5.41) is 19.3. The zero-order valence-corrected chi connectivity index (χ0v) is 11.5. The Bertz CT molecular complexity index is 612. The molecule has 6 nitrogen and oxygen atoms in total. The third-order valence-electron chi connectivity index (χ3n) is 2.71. The van der Waals surface area contributed by atoms with E-state index in [1.165, 1.54) is 12.1 Å². The van der Waals surface area contributed by atoms with Crippen LogP contribution in [-0.2, 0) is 9.84 Å². The minimum absolute atomic E-state index is 0.0341. The molecule has 0 atom stereocenters. The van der Waals surface area contributed by atoms with E-state index in [9.17, 15) is 18.5 Å². The molecule has 7 heteroatoms. The van der Waals surface area contributed by atoms with Crippen molar-refractivity contribution in [3.8, 4) is 6.07 Å². The molecule has 0 aliphatic rings. The van der Waals surface area contributed by atoms with Crippen molar-refractivity contribution in [2.75, 3.05) is 5.75 Å². The van der Waals surface area contributed by atoms with Gasteiger partial charge in [0.05, 0.1) is 27.1 Å². The molecule has 19 heavy (non-hydrogen) atoms. The van der Waals surface area contributed by atoms with Gasteiger partial charge in [0.25, 0.3) is 5.69 Å². The van der Waals surface area contributed by atoms with Crippen LogP contribution in [0, 0.1) is 26.9 Å². The van der Waals surface area contributed by atoms with Crippen LogP contribution in [0.2, 0.25) is 0 Å². The SMILES string of the molecule is CC(C)(C#N)CCS(=O)(=O)c1ccc([N+](=O)[O-])cc1. The maximum Gasteiger partial charge on any atom is 0.269 e. The van der Waals surface area contributed by atoms with Crippen LogP contribution in [0.25, 0.3) is 0 Å². The molecule has 0 spiro atoms. The molecule has 0 saturated carbocycles. The van der Waals surface area contributed by atoms with Gasteiger partial charge < -0.3 is 0 Å². The number of nitro groups is 1. The molecule has 1 aromatic carbocycles.